The number of carbonyl (C=O) groups is 1. The Balaban J connectivity index is 2.42. The number of sulfonamides is 1. The van der Waals surface area contributed by atoms with E-state index in [0.29, 0.717) is 11.0 Å². The van der Waals surface area contributed by atoms with Gasteiger partial charge in [0.2, 0.25) is 10.0 Å². The first-order chi connectivity index (χ1) is 9.33. The molecule has 8 nitrogen and oxygen atoms in total. The lowest BCUT2D eigenvalue weighted by Gasteiger charge is -2.16. The first-order valence-electron chi connectivity index (χ1n) is 5.68. The number of aromatic nitrogens is 2. The molecule has 2 heterocycles. The Kier molecular flexibility index (Phi) is 3.75. The van der Waals surface area contributed by atoms with E-state index in [4.69, 9.17) is 5.11 Å². The maximum absolute atomic E-state index is 12.2. The number of nitrogens with one attached hydrogen (secondary N) is 2. The van der Waals surface area contributed by atoms with Crippen LogP contribution in [0.3, 0.4) is 0 Å². The van der Waals surface area contributed by atoms with Gasteiger partial charge in [-0.15, -0.1) is 0 Å². The molecule has 2 rings (SSSR count). The zero-order valence-corrected chi connectivity index (χ0v) is 11.3. The van der Waals surface area contributed by atoms with Crippen LogP contribution in [0.2, 0.25) is 0 Å². The number of hydrogen-bond donors (Lipinski definition) is 4. The summed E-state index contributed by atoms with van der Waals surface area (Å²) in [6.07, 6.45) is 1.35. The average Bonchev–Trinajstić information content (AvgIpc) is 2.80. The fourth-order valence-corrected chi connectivity index (χ4v) is 3.17. The lowest BCUT2D eigenvalue weighted by Crippen LogP contribution is -2.47. The second kappa shape index (κ2) is 5.19. The predicted molar refractivity (Wildman–Crippen MR) is 69.5 cm³/mol. The topological polar surface area (TPSA) is 132 Å². The summed E-state index contributed by atoms with van der Waals surface area (Å²) in [5, 5.41) is 18.6. The summed E-state index contributed by atoms with van der Waals surface area (Å²) >= 11 is 0. The van der Waals surface area contributed by atoms with Crippen LogP contribution in [0.1, 0.15) is 6.92 Å². The van der Waals surface area contributed by atoms with Gasteiger partial charge in [-0.25, -0.2) is 13.4 Å². The Morgan fingerprint density at radius 1 is 1.50 bits per heavy atom. The first-order valence-corrected chi connectivity index (χ1v) is 7.16. The molecule has 0 aliphatic heterocycles. The summed E-state index contributed by atoms with van der Waals surface area (Å²) in [5.74, 6) is -1.46. The quantitative estimate of drug-likeness (QED) is 0.598. The second-order valence-corrected chi connectivity index (χ2v) is 5.91. The van der Waals surface area contributed by atoms with Crippen molar-refractivity contribution in [2.24, 2.45) is 0 Å². The molecule has 108 valence electrons. The normalized spacial score (nSPS) is 15.1. The van der Waals surface area contributed by atoms with Gasteiger partial charge in [-0.1, -0.05) is 0 Å². The summed E-state index contributed by atoms with van der Waals surface area (Å²) in [5.41, 5.74) is 0.372. The van der Waals surface area contributed by atoms with Crippen molar-refractivity contribution in [1.29, 1.82) is 0 Å². The van der Waals surface area contributed by atoms with Gasteiger partial charge >= 0.3 is 5.97 Å². The third kappa shape index (κ3) is 2.64. The molecule has 9 heteroatoms. The number of carboxylic acids is 1. The fourth-order valence-electron chi connectivity index (χ4n) is 1.74. The van der Waals surface area contributed by atoms with Crippen LogP contribution in [0.4, 0.5) is 0 Å². The second-order valence-electron chi connectivity index (χ2n) is 4.23. The third-order valence-electron chi connectivity index (χ3n) is 2.73. The molecule has 0 aliphatic rings. The molecule has 0 saturated carbocycles. The van der Waals surface area contributed by atoms with Crippen molar-refractivity contribution in [3.8, 4) is 0 Å². The standard InChI is InChI=1S/C11H13N3O5S/c1-6(15)9(11(16)17)14-20(18,19)8-5-13-10-7(8)3-2-4-12-10/h2-6,9,14-15H,1H3,(H,12,13)(H,16,17)/t6-,9+/m1/s1. The maximum Gasteiger partial charge on any atom is 0.324 e. The first kappa shape index (κ1) is 14.4. The number of rotatable bonds is 5. The summed E-state index contributed by atoms with van der Waals surface area (Å²) in [7, 11) is -4.09. The number of hydrogen-bond acceptors (Lipinski definition) is 5. The smallest absolute Gasteiger partial charge is 0.324 e. The number of H-pyrrole nitrogens is 1. The third-order valence-corrected chi connectivity index (χ3v) is 4.21. The van der Waals surface area contributed by atoms with Crippen LogP contribution >= 0.6 is 0 Å². The highest BCUT2D eigenvalue weighted by Crippen LogP contribution is 2.21. The van der Waals surface area contributed by atoms with Crippen LogP contribution in [-0.4, -0.2) is 46.7 Å². The minimum absolute atomic E-state index is 0.118. The summed E-state index contributed by atoms with van der Waals surface area (Å²) in [6, 6.07) is 1.49. The molecular weight excluding hydrogens is 286 g/mol. The van der Waals surface area contributed by atoms with E-state index in [1.54, 1.807) is 12.1 Å². The molecule has 0 amide bonds. The summed E-state index contributed by atoms with van der Waals surface area (Å²) in [6.45, 7) is 1.19. The minimum atomic E-state index is -4.09. The van der Waals surface area contributed by atoms with E-state index in [9.17, 15) is 18.3 Å². The molecule has 20 heavy (non-hydrogen) atoms. The molecule has 0 bridgehead atoms. The Morgan fingerprint density at radius 2 is 2.20 bits per heavy atom. The molecule has 0 saturated heterocycles. The molecule has 0 aromatic carbocycles. The van der Waals surface area contributed by atoms with Crippen molar-refractivity contribution in [1.82, 2.24) is 14.7 Å². The van der Waals surface area contributed by atoms with E-state index in [1.807, 2.05) is 4.72 Å². The molecule has 4 N–H and O–H groups in total. The van der Waals surface area contributed by atoms with Gasteiger partial charge in [0, 0.05) is 17.8 Å². The Labute approximate surface area is 114 Å². The maximum atomic E-state index is 12.2. The van der Waals surface area contributed by atoms with Gasteiger partial charge in [-0.3, -0.25) is 4.79 Å². The lowest BCUT2D eigenvalue weighted by atomic mass is 10.2. The number of aliphatic carboxylic acids is 1. The number of carboxylic acid groups (broad SMARTS) is 1. The van der Waals surface area contributed by atoms with Gasteiger partial charge in [0.25, 0.3) is 0 Å². The van der Waals surface area contributed by atoms with E-state index < -0.39 is 28.1 Å². The zero-order chi connectivity index (χ0) is 14.9. The van der Waals surface area contributed by atoms with Crippen molar-refractivity contribution < 1.29 is 23.4 Å². The average molecular weight is 299 g/mol. The van der Waals surface area contributed by atoms with Crippen LogP contribution in [0.25, 0.3) is 11.0 Å². The minimum Gasteiger partial charge on any atom is -0.480 e. The number of pyridine rings is 1. The van der Waals surface area contributed by atoms with Gasteiger partial charge in [-0.05, 0) is 19.1 Å². The van der Waals surface area contributed by atoms with Crippen LogP contribution in [0.15, 0.2) is 29.4 Å². The lowest BCUT2D eigenvalue weighted by molar-refractivity contribution is -0.141. The van der Waals surface area contributed by atoms with Gasteiger partial charge in [0.1, 0.15) is 16.6 Å². The largest absolute Gasteiger partial charge is 0.480 e. The number of aliphatic hydroxyl groups is 1. The monoisotopic (exact) mass is 299 g/mol. The number of nitrogens with zero attached hydrogens (tertiary/aromatic N) is 1. The number of aromatic amines is 1. The SMILES string of the molecule is C[C@@H](O)[C@H](NS(=O)(=O)c1c[nH]c2ncccc12)C(=O)O. The highest BCUT2D eigenvalue weighted by atomic mass is 32.2. The van der Waals surface area contributed by atoms with Crippen LogP contribution < -0.4 is 4.72 Å². The predicted octanol–water partition coefficient (Wildman–Crippen LogP) is -0.325. The molecule has 2 aromatic rings. The van der Waals surface area contributed by atoms with Crippen molar-refractivity contribution in [2.75, 3.05) is 0 Å². The van der Waals surface area contributed by atoms with Crippen LogP contribution in [-0.2, 0) is 14.8 Å². The highest BCUT2D eigenvalue weighted by molar-refractivity contribution is 7.89. The molecule has 0 fully saturated rings. The Bertz CT molecular complexity index is 737. The summed E-state index contributed by atoms with van der Waals surface area (Å²) < 4.78 is 26.3. The number of aliphatic hydroxyl groups excluding tert-OH is 1. The van der Waals surface area contributed by atoms with E-state index in [1.165, 1.54) is 19.3 Å². The van der Waals surface area contributed by atoms with Crippen molar-refractivity contribution in [3.63, 3.8) is 0 Å². The molecule has 0 unspecified atom stereocenters. The van der Waals surface area contributed by atoms with Crippen LogP contribution in [0.5, 0.6) is 0 Å². The van der Waals surface area contributed by atoms with E-state index in [2.05, 4.69) is 9.97 Å². The van der Waals surface area contributed by atoms with Crippen LogP contribution in [0, 0.1) is 0 Å². The summed E-state index contributed by atoms with van der Waals surface area (Å²) in [4.78, 5) is 17.5. The Morgan fingerprint density at radius 3 is 2.80 bits per heavy atom. The van der Waals surface area contributed by atoms with E-state index in [-0.39, 0.29) is 4.90 Å². The van der Waals surface area contributed by atoms with Gasteiger partial charge < -0.3 is 15.2 Å². The molecule has 0 aliphatic carbocycles. The molecule has 0 spiro atoms. The molecule has 2 atom stereocenters. The molecular formula is C11H13N3O5S. The van der Waals surface area contributed by atoms with Crippen molar-refractivity contribution in [3.05, 3.63) is 24.5 Å². The van der Waals surface area contributed by atoms with Crippen molar-refractivity contribution in [2.45, 2.75) is 24.0 Å². The highest BCUT2D eigenvalue weighted by Gasteiger charge is 2.30. The van der Waals surface area contributed by atoms with E-state index in [0.717, 1.165) is 0 Å². The van der Waals surface area contributed by atoms with Gasteiger partial charge in [0.05, 0.1) is 6.10 Å². The van der Waals surface area contributed by atoms with Crippen molar-refractivity contribution >= 4 is 27.0 Å². The Hall–Kier alpha value is -1.97. The molecule has 0 radical (unpaired) electrons. The van der Waals surface area contributed by atoms with Gasteiger partial charge in [-0.2, -0.15) is 4.72 Å². The zero-order valence-electron chi connectivity index (χ0n) is 10.4. The fraction of sp³-hybridized carbons (Fsp3) is 0.273. The van der Waals surface area contributed by atoms with Gasteiger partial charge in [0.15, 0.2) is 0 Å². The number of fused-ring (bicyclic) bond motifs is 1. The molecule has 2 aromatic heterocycles. The van der Waals surface area contributed by atoms with E-state index >= 15 is 0 Å².